The minimum atomic E-state index is -0.159. The monoisotopic (exact) mass is 291 g/mol. The average Bonchev–Trinajstić information content (AvgIpc) is 2.28. The number of benzene rings is 2. The normalized spacial score (nSPS) is 10.9. The number of halogens is 2. The minimum Gasteiger partial charge on any atom is -0.207 e. The highest BCUT2D eigenvalue weighted by atomic mass is 79.9. The average molecular weight is 292 g/mol. The zero-order valence-corrected chi connectivity index (χ0v) is 11.4. The molecule has 0 saturated heterocycles. The molecule has 0 saturated carbocycles. The molecular weight excluding hydrogens is 279 g/mol. The van der Waals surface area contributed by atoms with E-state index in [1.54, 1.807) is 6.07 Å². The Morgan fingerprint density at radius 2 is 2.00 bits per heavy atom. The van der Waals surface area contributed by atoms with Gasteiger partial charge in [-0.3, -0.25) is 0 Å². The van der Waals surface area contributed by atoms with E-state index in [1.165, 1.54) is 6.07 Å². The van der Waals surface area contributed by atoms with Crippen molar-refractivity contribution >= 4 is 15.9 Å². The third-order valence-corrected chi connectivity index (χ3v) is 3.17. The highest BCUT2D eigenvalue weighted by Gasteiger charge is 2.13. The summed E-state index contributed by atoms with van der Waals surface area (Å²) in [5, 5.41) is 0. The smallest absolute Gasteiger partial charge is 0.127 e. The van der Waals surface area contributed by atoms with Crippen LogP contribution in [0.1, 0.15) is 25.3 Å². The van der Waals surface area contributed by atoms with E-state index in [-0.39, 0.29) is 11.7 Å². The third-order valence-electron chi connectivity index (χ3n) is 2.67. The second-order valence-corrected chi connectivity index (χ2v) is 5.20. The first-order valence-electron chi connectivity index (χ1n) is 5.55. The Bertz CT molecular complexity index is 532. The molecule has 2 rings (SSSR count). The summed E-state index contributed by atoms with van der Waals surface area (Å²) in [5.74, 6) is -0.0184. The molecule has 0 spiro atoms. The Kier molecular flexibility index (Phi) is 3.63. The highest BCUT2D eigenvalue weighted by Crippen LogP contribution is 2.31. The van der Waals surface area contributed by atoms with Gasteiger partial charge in [0, 0.05) is 4.47 Å². The van der Waals surface area contributed by atoms with Crippen LogP contribution in [0.25, 0.3) is 11.1 Å². The lowest BCUT2D eigenvalue weighted by atomic mass is 9.92. The van der Waals surface area contributed by atoms with Crippen molar-refractivity contribution in [2.75, 3.05) is 0 Å². The van der Waals surface area contributed by atoms with Gasteiger partial charge in [0.25, 0.3) is 0 Å². The van der Waals surface area contributed by atoms with Crippen molar-refractivity contribution < 1.29 is 4.39 Å². The van der Waals surface area contributed by atoms with Gasteiger partial charge in [-0.15, -0.1) is 0 Å². The van der Waals surface area contributed by atoms with Crippen LogP contribution in [-0.4, -0.2) is 0 Å². The van der Waals surface area contributed by atoms with Crippen LogP contribution < -0.4 is 0 Å². The maximum absolute atomic E-state index is 13.9. The second-order valence-electron chi connectivity index (χ2n) is 4.28. The second kappa shape index (κ2) is 5.01. The lowest BCUT2D eigenvalue weighted by molar-refractivity contribution is 0.599. The van der Waals surface area contributed by atoms with Gasteiger partial charge >= 0.3 is 0 Å². The molecule has 0 aromatic heterocycles. The van der Waals surface area contributed by atoms with Gasteiger partial charge in [-0.2, -0.15) is 0 Å². The van der Waals surface area contributed by atoms with Gasteiger partial charge < -0.3 is 0 Å². The summed E-state index contributed by atoms with van der Waals surface area (Å²) in [7, 11) is 0. The minimum absolute atomic E-state index is 0.140. The Labute approximate surface area is 110 Å². The molecular formula is C15H13BrF. The van der Waals surface area contributed by atoms with Gasteiger partial charge in [-0.1, -0.05) is 48.0 Å². The molecule has 0 bridgehead atoms. The summed E-state index contributed by atoms with van der Waals surface area (Å²) in [5.41, 5.74) is 2.56. The molecule has 0 aliphatic heterocycles. The van der Waals surface area contributed by atoms with Crippen LogP contribution in [0.4, 0.5) is 4.39 Å². The topological polar surface area (TPSA) is 0 Å². The Hall–Kier alpha value is -1.15. The van der Waals surface area contributed by atoms with E-state index in [9.17, 15) is 4.39 Å². The van der Waals surface area contributed by atoms with Crippen molar-refractivity contribution in [3.8, 4) is 11.1 Å². The number of rotatable bonds is 2. The van der Waals surface area contributed by atoms with Gasteiger partial charge in [0.1, 0.15) is 5.82 Å². The Morgan fingerprint density at radius 1 is 1.24 bits per heavy atom. The molecule has 0 heterocycles. The van der Waals surface area contributed by atoms with E-state index in [2.05, 4.69) is 22.0 Å². The SMILES string of the molecule is CC(C)c1c(-c2cccc(Br)c2)[c]ccc1F. The maximum Gasteiger partial charge on any atom is 0.127 e. The zero-order valence-electron chi connectivity index (χ0n) is 9.80. The van der Waals surface area contributed by atoms with Gasteiger partial charge in [-0.05, 0) is 46.9 Å². The summed E-state index contributed by atoms with van der Waals surface area (Å²) < 4.78 is 14.8. The molecule has 0 fully saturated rings. The van der Waals surface area contributed by atoms with E-state index >= 15 is 0 Å². The summed E-state index contributed by atoms with van der Waals surface area (Å²) in [6, 6.07) is 14.1. The van der Waals surface area contributed by atoms with Crippen LogP contribution >= 0.6 is 15.9 Å². The summed E-state index contributed by atoms with van der Waals surface area (Å²) in [6.45, 7) is 3.99. The molecule has 2 aromatic rings. The van der Waals surface area contributed by atoms with Crippen LogP contribution in [0, 0.1) is 11.9 Å². The standard InChI is InChI=1S/C15H13BrF/c1-10(2)15-13(7-4-8-14(15)17)11-5-3-6-12(16)9-11/h3-6,8-10H,1-2H3. The van der Waals surface area contributed by atoms with Gasteiger partial charge in [-0.25, -0.2) is 4.39 Å². The first kappa shape index (κ1) is 12.3. The van der Waals surface area contributed by atoms with E-state index in [4.69, 9.17) is 0 Å². The van der Waals surface area contributed by atoms with Gasteiger partial charge in [0.15, 0.2) is 0 Å². The lowest BCUT2D eigenvalue weighted by Gasteiger charge is -2.13. The maximum atomic E-state index is 13.9. The molecule has 0 N–H and O–H groups in total. The van der Waals surface area contributed by atoms with Crippen LogP contribution in [0.5, 0.6) is 0 Å². The summed E-state index contributed by atoms with van der Waals surface area (Å²) >= 11 is 3.43. The molecule has 17 heavy (non-hydrogen) atoms. The van der Waals surface area contributed by atoms with Crippen molar-refractivity contribution in [2.45, 2.75) is 19.8 Å². The van der Waals surface area contributed by atoms with Crippen LogP contribution in [0.15, 0.2) is 40.9 Å². The molecule has 87 valence electrons. The quantitative estimate of drug-likeness (QED) is 0.715. The Morgan fingerprint density at radius 3 is 2.65 bits per heavy atom. The van der Waals surface area contributed by atoms with E-state index in [1.807, 2.05) is 38.1 Å². The van der Waals surface area contributed by atoms with Crippen molar-refractivity contribution in [1.29, 1.82) is 0 Å². The predicted octanol–water partition coefficient (Wildman–Crippen LogP) is 5.18. The molecule has 0 unspecified atom stereocenters. The van der Waals surface area contributed by atoms with E-state index in [0.29, 0.717) is 0 Å². The highest BCUT2D eigenvalue weighted by molar-refractivity contribution is 9.10. The Balaban J connectivity index is 2.63. The van der Waals surface area contributed by atoms with E-state index in [0.717, 1.165) is 21.2 Å². The first-order chi connectivity index (χ1) is 8.09. The molecule has 1 radical (unpaired) electrons. The molecule has 0 atom stereocenters. The molecule has 0 aliphatic rings. The fraction of sp³-hybridized carbons (Fsp3) is 0.200. The summed E-state index contributed by atoms with van der Waals surface area (Å²) in [6.07, 6.45) is 0. The number of hydrogen-bond acceptors (Lipinski definition) is 0. The summed E-state index contributed by atoms with van der Waals surface area (Å²) in [4.78, 5) is 0. The van der Waals surface area contributed by atoms with Gasteiger partial charge in [0.05, 0.1) is 0 Å². The fourth-order valence-corrected chi connectivity index (χ4v) is 2.33. The van der Waals surface area contributed by atoms with Crippen molar-refractivity contribution in [1.82, 2.24) is 0 Å². The third kappa shape index (κ3) is 2.58. The molecule has 0 amide bonds. The lowest BCUT2D eigenvalue weighted by Crippen LogP contribution is -1.97. The van der Waals surface area contributed by atoms with Crippen LogP contribution in [-0.2, 0) is 0 Å². The van der Waals surface area contributed by atoms with Crippen LogP contribution in [0.2, 0.25) is 0 Å². The van der Waals surface area contributed by atoms with Crippen molar-refractivity contribution in [3.63, 3.8) is 0 Å². The van der Waals surface area contributed by atoms with E-state index < -0.39 is 0 Å². The first-order valence-corrected chi connectivity index (χ1v) is 6.35. The molecule has 0 aliphatic carbocycles. The largest absolute Gasteiger partial charge is 0.207 e. The predicted molar refractivity (Wildman–Crippen MR) is 72.5 cm³/mol. The fourth-order valence-electron chi connectivity index (χ4n) is 1.93. The number of hydrogen-bond donors (Lipinski definition) is 0. The molecule has 2 heteroatoms. The van der Waals surface area contributed by atoms with Crippen molar-refractivity contribution in [3.05, 3.63) is 58.3 Å². The van der Waals surface area contributed by atoms with Crippen molar-refractivity contribution in [2.24, 2.45) is 0 Å². The molecule has 0 nitrogen and oxygen atoms in total. The zero-order chi connectivity index (χ0) is 12.4. The van der Waals surface area contributed by atoms with Gasteiger partial charge in [0.2, 0.25) is 0 Å². The molecule has 2 aromatic carbocycles. The van der Waals surface area contributed by atoms with Crippen LogP contribution in [0.3, 0.4) is 0 Å².